The van der Waals surface area contributed by atoms with Crippen LogP contribution in [0.15, 0.2) is 91.0 Å². The van der Waals surface area contributed by atoms with Gasteiger partial charge in [0, 0.05) is 50.7 Å². The number of hydrogen-bond acceptors (Lipinski definition) is 7. The number of aromatic hydroxyl groups is 1. The molecule has 8 rings (SSSR count). The first-order chi connectivity index (χ1) is 23.8. The van der Waals surface area contributed by atoms with Crippen LogP contribution < -0.4 is 10.2 Å². The van der Waals surface area contributed by atoms with E-state index in [-0.39, 0.29) is 24.7 Å². The minimum atomic E-state index is -0.964. The Bertz CT molecular complexity index is 1950. The smallest absolute Gasteiger partial charge is 0.262 e. The fraction of sp³-hybridized carbons (Fsp3) is 0.300. The molecule has 9 heteroatoms. The van der Waals surface area contributed by atoms with Gasteiger partial charge >= 0.3 is 0 Å². The van der Waals surface area contributed by atoms with Gasteiger partial charge in [-0.15, -0.1) is 0 Å². The third-order valence-corrected chi connectivity index (χ3v) is 10.7. The van der Waals surface area contributed by atoms with Gasteiger partial charge < -0.3 is 10.0 Å². The molecule has 0 bridgehead atoms. The Labute approximate surface area is 285 Å². The van der Waals surface area contributed by atoms with E-state index in [1.807, 2.05) is 18.2 Å². The fourth-order valence-electron chi connectivity index (χ4n) is 8.21. The normalized spacial score (nSPS) is 22.6. The number of carbonyl (C=O) groups excluding carboxylic acids is 4. The average Bonchev–Trinajstić information content (AvgIpc) is 3.36. The molecule has 248 valence electrons. The molecule has 4 amide bonds. The maximum absolute atomic E-state index is 13.3. The Morgan fingerprint density at radius 2 is 1.47 bits per heavy atom. The summed E-state index contributed by atoms with van der Waals surface area (Å²) in [6.07, 6.45) is 2.22. The van der Waals surface area contributed by atoms with Crippen LogP contribution in [-0.2, 0) is 22.6 Å². The van der Waals surface area contributed by atoms with Crippen LogP contribution in [0, 0.1) is 0 Å². The van der Waals surface area contributed by atoms with Gasteiger partial charge in [0.2, 0.25) is 11.8 Å². The van der Waals surface area contributed by atoms with Crippen molar-refractivity contribution < 1.29 is 24.3 Å². The maximum Gasteiger partial charge on any atom is 0.262 e. The van der Waals surface area contributed by atoms with E-state index < -0.39 is 23.8 Å². The highest BCUT2D eigenvalue weighted by Gasteiger charge is 2.44. The molecule has 0 spiro atoms. The van der Waals surface area contributed by atoms with Crippen molar-refractivity contribution in [1.29, 1.82) is 0 Å². The number of nitrogens with zero attached hydrogens (tertiary/aromatic N) is 3. The Kier molecular flexibility index (Phi) is 8.00. The first kappa shape index (κ1) is 31.0. The van der Waals surface area contributed by atoms with Crippen LogP contribution >= 0.6 is 0 Å². The van der Waals surface area contributed by atoms with Gasteiger partial charge in [-0.3, -0.25) is 34.3 Å². The summed E-state index contributed by atoms with van der Waals surface area (Å²) in [6.45, 7) is 4.08. The Morgan fingerprint density at radius 1 is 0.714 bits per heavy atom. The van der Waals surface area contributed by atoms with E-state index in [1.165, 1.54) is 27.9 Å². The van der Waals surface area contributed by atoms with Gasteiger partial charge in [-0.1, -0.05) is 54.6 Å². The second-order valence-corrected chi connectivity index (χ2v) is 13.6. The molecule has 49 heavy (non-hydrogen) atoms. The lowest BCUT2D eigenvalue weighted by Gasteiger charge is -2.37. The van der Waals surface area contributed by atoms with Crippen LogP contribution in [0.2, 0.25) is 0 Å². The number of amides is 4. The molecule has 3 heterocycles. The summed E-state index contributed by atoms with van der Waals surface area (Å²) in [7, 11) is 0. The molecular weight excluding hydrogens is 616 g/mol. The van der Waals surface area contributed by atoms with E-state index in [0.29, 0.717) is 29.3 Å². The summed E-state index contributed by atoms with van der Waals surface area (Å²) >= 11 is 0. The second kappa shape index (κ2) is 12.6. The highest BCUT2D eigenvalue weighted by molar-refractivity contribution is 6.23. The number of imide groups is 2. The predicted octanol–water partition coefficient (Wildman–Crippen LogP) is 4.98. The monoisotopic (exact) mass is 654 g/mol. The summed E-state index contributed by atoms with van der Waals surface area (Å²) in [6, 6.07) is 30.0. The van der Waals surface area contributed by atoms with Crippen LogP contribution in [-0.4, -0.2) is 70.8 Å². The van der Waals surface area contributed by atoms with Crippen molar-refractivity contribution >= 4 is 29.3 Å². The highest BCUT2D eigenvalue weighted by Crippen LogP contribution is 2.47. The van der Waals surface area contributed by atoms with Crippen LogP contribution in [0.1, 0.15) is 79.6 Å². The van der Waals surface area contributed by atoms with Gasteiger partial charge in [-0.2, -0.15) is 0 Å². The third-order valence-electron chi connectivity index (χ3n) is 10.7. The van der Waals surface area contributed by atoms with Crippen molar-refractivity contribution in [1.82, 2.24) is 15.1 Å². The summed E-state index contributed by atoms with van der Waals surface area (Å²) in [5, 5.41) is 12.4. The van der Waals surface area contributed by atoms with E-state index >= 15 is 0 Å². The number of aryl methyl sites for hydroxylation is 1. The molecule has 2 saturated heterocycles. The molecule has 2 fully saturated rings. The highest BCUT2D eigenvalue weighted by atomic mass is 16.3. The number of anilines is 1. The molecule has 9 nitrogen and oxygen atoms in total. The molecule has 3 atom stereocenters. The van der Waals surface area contributed by atoms with Crippen molar-refractivity contribution in [2.45, 2.75) is 50.1 Å². The number of piperidine rings is 1. The standard InChI is InChI=1S/C40H38N4O5/c45-30-12-15-32-28(23-30)9-14-31(26-4-2-1-3-5-26)37(32)27-7-10-29(11-8-27)43-20-18-42(19-21-43)24-25-6-13-33-34(22-25)40(49)44(39(33)48)35-16-17-36(46)41-38(35)47/h1-8,10-13,15,22-23,31,35,37,45H,9,14,16-21,24H2,(H,41,46,47)/t31-,35?,37+/m1/s1. The average molecular weight is 655 g/mol. The number of fused-ring (bicyclic) bond motifs is 2. The number of hydrogen-bond donors (Lipinski definition) is 2. The van der Waals surface area contributed by atoms with E-state index in [1.54, 1.807) is 12.1 Å². The summed E-state index contributed by atoms with van der Waals surface area (Å²) in [4.78, 5) is 56.1. The minimum Gasteiger partial charge on any atom is -0.508 e. The SMILES string of the molecule is O=C1CCC(N2C(=O)c3ccc(CN4CCN(c5ccc([C@@H]6c7ccc(O)cc7CC[C@@H]6c6ccccc6)cc5)CC4)cc3C2=O)C(=O)N1. The van der Waals surface area contributed by atoms with E-state index in [9.17, 15) is 24.3 Å². The van der Waals surface area contributed by atoms with E-state index in [0.717, 1.165) is 49.5 Å². The molecule has 4 aromatic carbocycles. The maximum atomic E-state index is 13.3. The van der Waals surface area contributed by atoms with Gasteiger partial charge in [-0.05, 0) is 89.4 Å². The molecule has 3 aliphatic heterocycles. The number of piperazine rings is 1. The summed E-state index contributed by atoms with van der Waals surface area (Å²) < 4.78 is 0. The van der Waals surface area contributed by atoms with Crippen molar-refractivity contribution in [2.75, 3.05) is 31.1 Å². The lowest BCUT2D eigenvalue weighted by atomic mass is 9.69. The van der Waals surface area contributed by atoms with Crippen molar-refractivity contribution in [2.24, 2.45) is 0 Å². The molecule has 2 N–H and O–H groups in total. The van der Waals surface area contributed by atoms with Gasteiger partial charge in [0.1, 0.15) is 11.8 Å². The summed E-state index contributed by atoms with van der Waals surface area (Å²) in [5.41, 5.74) is 7.90. The zero-order valence-electron chi connectivity index (χ0n) is 27.2. The molecule has 0 aromatic heterocycles. The van der Waals surface area contributed by atoms with Gasteiger partial charge in [-0.25, -0.2) is 0 Å². The molecule has 1 aliphatic carbocycles. The quantitative estimate of drug-likeness (QED) is 0.283. The molecule has 1 unspecified atom stereocenters. The predicted molar refractivity (Wildman–Crippen MR) is 184 cm³/mol. The zero-order valence-corrected chi connectivity index (χ0v) is 27.2. The Morgan fingerprint density at radius 3 is 2.22 bits per heavy atom. The number of phenolic OH excluding ortho intramolecular Hbond substituents is 1. The fourth-order valence-corrected chi connectivity index (χ4v) is 8.21. The largest absolute Gasteiger partial charge is 0.508 e. The van der Waals surface area contributed by atoms with E-state index in [4.69, 9.17) is 0 Å². The van der Waals surface area contributed by atoms with Crippen LogP contribution in [0.3, 0.4) is 0 Å². The van der Waals surface area contributed by atoms with Gasteiger partial charge in [0.05, 0.1) is 11.1 Å². The Hall–Kier alpha value is -5.28. The molecule has 4 aliphatic rings. The molecule has 0 radical (unpaired) electrons. The second-order valence-electron chi connectivity index (χ2n) is 13.6. The molecule has 4 aromatic rings. The topological polar surface area (TPSA) is 110 Å². The minimum absolute atomic E-state index is 0.0983. The number of benzene rings is 4. The van der Waals surface area contributed by atoms with Crippen LogP contribution in [0.5, 0.6) is 5.75 Å². The first-order valence-corrected chi connectivity index (χ1v) is 17.1. The van der Waals surface area contributed by atoms with Gasteiger partial charge in [0.15, 0.2) is 0 Å². The number of carbonyl (C=O) groups is 4. The molecule has 0 saturated carbocycles. The van der Waals surface area contributed by atoms with Crippen molar-refractivity contribution in [3.8, 4) is 5.75 Å². The Balaban J connectivity index is 0.931. The lowest BCUT2D eigenvalue weighted by Crippen LogP contribution is -2.54. The van der Waals surface area contributed by atoms with Crippen LogP contribution in [0.4, 0.5) is 5.69 Å². The van der Waals surface area contributed by atoms with Crippen molar-refractivity contribution in [3.63, 3.8) is 0 Å². The third kappa shape index (κ3) is 5.78. The number of rotatable bonds is 6. The number of phenols is 1. The first-order valence-electron chi connectivity index (χ1n) is 17.1. The molecular formula is C40H38N4O5. The van der Waals surface area contributed by atoms with E-state index in [2.05, 4.69) is 75.8 Å². The van der Waals surface area contributed by atoms with Gasteiger partial charge in [0.25, 0.3) is 11.8 Å². The zero-order chi connectivity index (χ0) is 33.6. The lowest BCUT2D eigenvalue weighted by molar-refractivity contribution is -0.136. The van der Waals surface area contributed by atoms with Crippen LogP contribution in [0.25, 0.3) is 0 Å². The summed E-state index contributed by atoms with van der Waals surface area (Å²) in [5.74, 6) is -1.05. The number of nitrogens with one attached hydrogen (secondary N) is 1. The van der Waals surface area contributed by atoms with Crippen molar-refractivity contribution in [3.05, 3.63) is 130 Å².